The van der Waals surface area contributed by atoms with Crippen molar-refractivity contribution in [3.63, 3.8) is 0 Å². The number of nitrogens with zero attached hydrogens (tertiary/aromatic N) is 1. The maximum atomic E-state index is 10.9. The van der Waals surface area contributed by atoms with E-state index in [9.17, 15) is 5.21 Å². The van der Waals surface area contributed by atoms with Crippen molar-refractivity contribution in [1.82, 2.24) is 0 Å². The Bertz CT molecular complexity index is 141. The second-order valence-electron chi connectivity index (χ2n) is 2.91. The van der Waals surface area contributed by atoms with E-state index in [1.54, 1.807) is 13.1 Å². The monoisotopic (exact) mass is 173 g/mol. The third kappa shape index (κ3) is 3.14. The van der Waals surface area contributed by atoms with Gasteiger partial charge in [0.2, 0.25) is 0 Å². The normalized spacial score (nSPS) is 22.1. The molecule has 0 aromatic rings. The fraction of sp³-hybridized carbons (Fsp3) is 0.875. The zero-order valence-electron chi connectivity index (χ0n) is 6.95. The second-order valence-corrected chi connectivity index (χ2v) is 4.14. The molecule has 0 radical (unpaired) electrons. The van der Waals surface area contributed by atoms with Crippen LogP contribution in [-0.4, -0.2) is 29.0 Å². The van der Waals surface area contributed by atoms with Crippen molar-refractivity contribution in [2.24, 2.45) is 5.92 Å². The SMILES string of the molecule is C/C=[N+](\[O-])CC1CCSCC1. The lowest BCUT2D eigenvalue weighted by Crippen LogP contribution is -2.20. The van der Waals surface area contributed by atoms with Gasteiger partial charge in [-0.25, -0.2) is 4.74 Å². The topological polar surface area (TPSA) is 26.1 Å². The molecule has 0 N–H and O–H groups in total. The number of rotatable bonds is 2. The number of hydrogen-bond acceptors (Lipinski definition) is 2. The van der Waals surface area contributed by atoms with E-state index in [1.165, 1.54) is 24.3 Å². The summed E-state index contributed by atoms with van der Waals surface area (Å²) in [7, 11) is 0. The fourth-order valence-corrected chi connectivity index (χ4v) is 2.49. The Morgan fingerprint density at radius 2 is 2.18 bits per heavy atom. The molecule has 0 aromatic carbocycles. The van der Waals surface area contributed by atoms with E-state index in [2.05, 4.69) is 0 Å². The van der Waals surface area contributed by atoms with Gasteiger partial charge in [-0.1, -0.05) is 0 Å². The van der Waals surface area contributed by atoms with Crippen LogP contribution in [0.5, 0.6) is 0 Å². The summed E-state index contributed by atoms with van der Waals surface area (Å²) < 4.78 is 1.06. The average Bonchev–Trinajstić information content (AvgIpc) is 2.06. The molecule has 0 unspecified atom stereocenters. The minimum atomic E-state index is 0.643. The maximum Gasteiger partial charge on any atom is 0.155 e. The third-order valence-electron chi connectivity index (χ3n) is 2.07. The molecule has 1 aliphatic heterocycles. The van der Waals surface area contributed by atoms with Crippen molar-refractivity contribution < 1.29 is 4.74 Å². The molecule has 2 nitrogen and oxygen atoms in total. The highest BCUT2D eigenvalue weighted by Gasteiger charge is 2.16. The molecule has 0 amide bonds. The van der Waals surface area contributed by atoms with Gasteiger partial charge in [0.25, 0.3) is 0 Å². The summed E-state index contributed by atoms with van der Waals surface area (Å²) in [4.78, 5) is 0. The van der Waals surface area contributed by atoms with E-state index in [0.29, 0.717) is 12.5 Å². The summed E-state index contributed by atoms with van der Waals surface area (Å²) in [5.74, 6) is 3.12. The Balaban J connectivity index is 2.24. The van der Waals surface area contributed by atoms with Gasteiger partial charge in [-0.2, -0.15) is 11.8 Å². The molecule has 1 fully saturated rings. The van der Waals surface area contributed by atoms with E-state index >= 15 is 0 Å². The van der Waals surface area contributed by atoms with Crippen LogP contribution in [0.15, 0.2) is 0 Å². The molecular formula is C8H15NOS. The van der Waals surface area contributed by atoms with Crippen molar-refractivity contribution >= 4 is 18.0 Å². The first-order valence-electron chi connectivity index (χ1n) is 4.14. The van der Waals surface area contributed by atoms with Crippen LogP contribution in [-0.2, 0) is 0 Å². The van der Waals surface area contributed by atoms with Gasteiger partial charge in [0, 0.05) is 12.8 Å². The standard InChI is InChI=1S/C8H15NOS/c1-2-9(10)7-8-3-5-11-6-4-8/h2,8H,3-7H2,1H3/b9-2-. The summed E-state index contributed by atoms with van der Waals surface area (Å²) in [6, 6.07) is 0. The van der Waals surface area contributed by atoms with Crippen LogP contribution >= 0.6 is 11.8 Å². The molecule has 0 aromatic heterocycles. The molecule has 64 valence electrons. The highest BCUT2D eigenvalue weighted by molar-refractivity contribution is 7.99. The molecule has 11 heavy (non-hydrogen) atoms. The molecule has 0 bridgehead atoms. The van der Waals surface area contributed by atoms with Crippen LogP contribution in [0.1, 0.15) is 19.8 Å². The molecule has 1 rings (SSSR count). The van der Waals surface area contributed by atoms with Crippen LogP contribution < -0.4 is 0 Å². The smallest absolute Gasteiger partial charge is 0.155 e. The van der Waals surface area contributed by atoms with Gasteiger partial charge in [0.15, 0.2) is 6.54 Å². The van der Waals surface area contributed by atoms with Gasteiger partial charge in [-0.15, -0.1) is 0 Å². The number of thioether (sulfide) groups is 1. The van der Waals surface area contributed by atoms with Crippen LogP contribution in [0.4, 0.5) is 0 Å². The average molecular weight is 173 g/mol. The molecule has 1 heterocycles. The van der Waals surface area contributed by atoms with Crippen molar-refractivity contribution in [2.75, 3.05) is 18.1 Å². The van der Waals surface area contributed by atoms with E-state index in [1.807, 2.05) is 11.8 Å². The molecule has 0 saturated carbocycles. The Kier molecular flexibility index (Phi) is 3.77. The molecule has 1 saturated heterocycles. The first-order chi connectivity index (χ1) is 5.33. The summed E-state index contributed by atoms with van der Waals surface area (Å²) in [6.07, 6.45) is 4.05. The second kappa shape index (κ2) is 4.65. The highest BCUT2D eigenvalue weighted by atomic mass is 32.2. The minimum Gasteiger partial charge on any atom is -0.624 e. The van der Waals surface area contributed by atoms with Crippen molar-refractivity contribution in [2.45, 2.75) is 19.8 Å². The molecular weight excluding hydrogens is 158 g/mol. The van der Waals surface area contributed by atoms with Gasteiger partial charge in [-0.3, -0.25) is 0 Å². The molecule has 3 heteroatoms. The fourth-order valence-electron chi connectivity index (χ4n) is 1.29. The summed E-state index contributed by atoms with van der Waals surface area (Å²) in [6.45, 7) is 2.50. The van der Waals surface area contributed by atoms with Crippen LogP contribution in [0.3, 0.4) is 0 Å². The van der Waals surface area contributed by atoms with Gasteiger partial charge in [-0.05, 0) is 24.3 Å². The third-order valence-corrected chi connectivity index (χ3v) is 3.12. The Hall–Kier alpha value is -0.180. The first-order valence-corrected chi connectivity index (χ1v) is 5.29. The molecule has 0 aliphatic carbocycles. The lowest BCUT2D eigenvalue weighted by molar-refractivity contribution is -0.462. The van der Waals surface area contributed by atoms with Gasteiger partial charge in [0.1, 0.15) is 6.21 Å². The lowest BCUT2D eigenvalue weighted by Gasteiger charge is -2.19. The zero-order valence-corrected chi connectivity index (χ0v) is 7.77. The summed E-state index contributed by atoms with van der Waals surface area (Å²) in [5, 5.41) is 10.9. The molecule has 1 aliphatic rings. The zero-order chi connectivity index (χ0) is 8.10. The largest absolute Gasteiger partial charge is 0.624 e. The molecule has 0 spiro atoms. The summed E-state index contributed by atoms with van der Waals surface area (Å²) in [5.41, 5.74) is 0. The van der Waals surface area contributed by atoms with Gasteiger partial charge >= 0.3 is 0 Å². The van der Waals surface area contributed by atoms with Crippen molar-refractivity contribution in [1.29, 1.82) is 0 Å². The highest BCUT2D eigenvalue weighted by Crippen LogP contribution is 2.22. The number of hydrogen-bond donors (Lipinski definition) is 0. The van der Waals surface area contributed by atoms with Crippen LogP contribution in [0.25, 0.3) is 0 Å². The van der Waals surface area contributed by atoms with Crippen molar-refractivity contribution in [3.05, 3.63) is 5.21 Å². The first kappa shape index (κ1) is 8.91. The van der Waals surface area contributed by atoms with Crippen LogP contribution in [0.2, 0.25) is 0 Å². The summed E-state index contributed by atoms with van der Waals surface area (Å²) >= 11 is 2.00. The Labute approximate surface area is 72.3 Å². The van der Waals surface area contributed by atoms with E-state index < -0.39 is 0 Å². The van der Waals surface area contributed by atoms with Crippen molar-refractivity contribution in [3.8, 4) is 0 Å². The molecule has 0 atom stereocenters. The predicted molar refractivity (Wildman–Crippen MR) is 50.3 cm³/mol. The van der Waals surface area contributed by atoms with Gasteiger partial charge in [0.05, 0.1) is 0 Å². The Morgan fingerprint density at radius 1 is 1.55 bits per heavy atom. The quantitative estimate of drug-likeness (QED) is 0.275. The Morgan fingerprint density at radius 3 is 2.73 bits per heavy atom. The minimum absolute atomic E-state index is 0.643. The maximum absolute atomic E-state index is 10.9. The van der Waals surface area contributed by atoms with Crippen LogP contribution in [0, 0.1) is 11.1 Å². The lowest BCUT2D eigenvalue weighted by atomic mass is 10.0. The van der Waals surface area contributed by atoms with E-state index in [4.69, 9.17) is 0 Å². The van der Waals surface area contributed by atoms with Gasteiger partial charge < -0.3 is 5.21 Å². The van der Waals surface area contributed by atoms with E-state index in [0.717, 1.165) is 4.74 Å². The van der Waals surface area contributed by atoms with E-state index in [-0.39, 0.29) is 0 Å². The number of hydroxylamine groups is 1. The predicted octanol–water partition coefficient (Wildman–Crippen LogP) is 1.73.